The second-order valence-corrected chi connectivity index (χ2v) is 5.97. The smallest absolute Gasteiger partial charge is 0.245 e. The standard InChI is InChI=1S/C16H14FN3O2S/c1-9(2)19-15(22)11(7-18)14(21)13-8-23-16(20-13)10-5-3-4-6-12(10)17/h3-6,8-9,11H,1-2H3,(H,19,22)/t11-/m0/s1. The summed E-state index contributed by atoms with van der Waals surface area (Å²) in [5.74, 6) is -3.26. The summed E-state index contributed by atoms with van der Waals surface area (Å²) >= 11 is 1.09. The molecule has 0 aliphatic carbocycles. The van der Waals surface area contributed by atoms with Gasteiger partial charge in [-0.3, -0.25) is 9.59 Å². The second-order valence-electron chi connectivity index (χ2n) is 5.11. The van der Waals surface area contributed by atoms with Crippen LogP contribution >= 0.6 is 11.3 Å². The quantitative estimate of drug-likeness (QED) is 0.674. The number of aromatic nitrogens is 1. The maximum atomic E-state index is 13.7. The van der Waals surface area contributed by atoms with Gasteiger partial charge in [-0.1, -0.05) is 12.1 Å². The van der Waals surface area contributed by atoms with Gasteiger partial charge < -0.3 is 5.32 Å². The molecule has 7 heteroatoms. The van der Waals surface area contributed by atoms with Gasteiger partial charge in [-0.25, -0.2) is 9.37 Å². The molecule has 0 saturated heterocycles. The van der Waals surface area contributed by atoms with Gasteiger partial charge in [0.15, 0.2) is 5.92 Å². The molecule has 2 rings (SSSR count). The van der Waals surface area contributed by atoms with Crippen molar-refractivity contribution < 1.29 is 14.0 Å². The molecule has 0 unspecified atom stereocenters. The van der Waals surface area contributed by atoms with E-state index in [1.165, 1.54) is 11.4 Å². The van der Waals surface area contributed by atoms with Crippen LogP contribution in [0.1, 0.15) is 24.3 Å². The molecule has 1 aromatic carbocycles. The molecule has 1 amide bonds. The number of ketones is 1. The number of rotatable bonds is 5. The van der Waals surface area contributed by atoms with E-state index in [-0.39, 0.29) is 17.3 Å². The van der Waals surface area contributed by atoms with Crippen LogP contribution in [0.25, 0.3) is 10.6 Å². The number of thiazole rings is 1. The number of hydrogen-bond donors (Lipinski definition) is 1. The number of amides is 1. The first-order chi connectivity index (χ1) is 10.9. The molecule has 0 radical (unpaired) electrons. The lowest BCUT2D eigenvalue weighted by Gasteiger charge is -2.10. The first-order valence-electron chi connectivity index (χ1n) is 6.88. The van der Waals surface area contributed by atoms with Crippen molar-refractivity contribution in [3.05, 3.63) is 41.2 Å². The van der Waals surface area contributed by atoms with Crippen LogP contribution < -0.4 is 5.32 Å². The Bertz CT molecular complexity index is 780. The van der Waals surface area contributed by atoms with Gasteiger partial charge in [0.2, 0.25) is 11.7 Å². The third kappa shape index (κ3) is 3.79. The van der Waals surface area contributed by atoms with Crippen molar-refractivity contribution in [2.24, 2.45) is 5.92 Å². The number of nitrogens with zero attached hydrogens (tertiary/aromatic N) is 2. The average Bonchev–Trinajstić information content (AvgIpc) is 2.97. The van der Waals surface area contributed by atoms with Gasteiger partial charge in [0, 0.05) is 17.0 Å². The summed E-state index contributed by atoms with van der Waals surface area (Å²) in [6.07, 6.45) is 0. The van der Waals surface area contributed by atoms with E-state index >= 15 is 0 Å². The van der Waals surface area contributed by atoms with Crippen LogP contribution in [0.5, 0.6) is 0 Å². The Morgan fingerprint density at radius 2 is 2.04 bits per heavy atom. The maximum absolute atomic E-state index is 13.7. The Hall–Kier alpha value is -2.59. The van der Waals surface area contributed by atoms with Crippen molar-refractivity contribution in [3.8, 4) is 16.6 Å². The molecular weight excluding hydrogens is 317 g/mol. The van der Waals surface area contributed by atoms with Crippen molar-refractivity contribution in [1.29, 1.82) is 5.26 Å². The van der Waals surface area contributed by atoms with Crippen LogP contribution in [0, 0.1) is 23.1 Å². The number of nitrogens with one attached hydrogen (secondary N) is 1. The lowest BCUT2D eigenvalue weighted by atomic mass is 10.0. The molecule has 1 aromatic heterocycles. The maximum Gasteiger partial charge on any atom is 0.245 e. The zero-order valence-electron chi connectivity index (χ0n) is 12.5. The van der Waals surface area contributed by atoms with Gasteiger partial charge in [0.05, 0.1) is 6.07 Å². The van der Waals surface area contributed by atoms with Crippen LogP contribution in [0.2, 0.25) is 0 Å². The van der Waals surface area contributed by atoms with E-state index in [2.05, 4.69) is 10.3 Å². The highest BCUT2D eigenvalue weighted by atomic mass is 32.1. The third-order valence-corrected chi connectivity index (χ3v) is 3.82. The number of Topliss-reactive ketones (excluding diaryl/α,β-unsaturated/α-hetero) is 1. The number of carbonyl (C=O) groups is 2. The van der Waals surface area contributed by atoms with Gasteiger partial charge in [-0.2, -0.15) is 5.26 Å². The van der Waals surface area contributed by atoms with Crippen LogP contribution in [0.3, 0.4) is 0 Å². The van der Waals surface area contributed by atoms with Crippen molar-refractivity contribution in [2.75, 3.05) is 0 Å². The van der Waals surface area contributed by atoms with Gasteiger partial charge in [-0.05, 0) is 26.0 Å². The molecule has 0 bridgehead atoms. The first kappa shape index (κ1) is 16.8. The predicted molar refractivity (Wildman–Crippen MR) is 84.2 cm³/mol. The third-order valence-electron chi connectivity index (χ3n) is 2.95. The Balaban J connectivity index is 2.26. The number of hydrogen-bond acceptors (Lipinski definition) is 5. The minimum absolute atomic E-state index is 0.0151. The molecule has 5 nitrogen and oxygen atoms in total. The van der Waals surface area contributed by atoms with Crippen molar-refractivity contribution >= 4 is 23.0 Å². The fraction of sp³-hybridized carbons (Fsp3) is 0.250. The van der Waals surface area contributed by atoms with Crippen LogP contribution in [-0.2, 0) is 4.79 Å². The van der Waals surface area contributed by atoms with Crippen molar-refractivity contribution in [2.45, 2.75) is 19.9 Å². The SMILES string of the molecule is CC(C)NC(=O)[C@@H](C#N)C(=O)c1csc(-c2ccccc2F)n1. The zero-order chi connectivity index (χ0) is 17.0. The van der Waals surface area contributed by atoms with Gasteiger partial charge in [0.1, 0.15) is 16.5 Å². The van der Waals surface area contributed by atoms with E-state index in [9.17, 15) is 14.0 Å². The minimum atomic E-state index is -1.46. The van der Waals surface area contributed by atoms with E-state index in [1.807, 2.05) is 0 Å². The molecule has 118 valence electrons. The highest BCUT2D eigenvalue weighted by Gasteiger charge is 2.29. The van der Waals surface area contributed by atoms with Crippen LogP contribution in [-0.4, -0.2) is 22.7 Å². The van der Waals surface area contributed by atoms with E-state index in [0.717, 1.165) is 11.3 Å². The molecule has 0 spiro atoms. The molecule has 23 heavy (non-hydrogen) atoms. The lowest BCUT2D eigenvalue weighted by Crippen LogP contribution is -2.38. The highest BCUT2D eigenvalue weighted by Crippen LogP contribution is 2.27. The van der Waals surface area contributed by atoms with Crippen molar-refractivity contribution in [1.82, 2.24) is 10.3 Å². The molecule has 1 atom stereocenters. The molecule has 1 heterocycles. The van der Waals surface area contributed by atoms with Gasteiger partial charge in [0.25, 0.3) is 0 Å². The average molecular weight is 331 g/mol. The summed E-state index contributed by atoms with van der Waals surface area (Å²) in [6.45, 7) is 3.46. The topological polar surface area (TPSA) is 82.9 Å². The van der Waals surface area contributed by atoms with E-state index < -0.39 is 23.4 Å². The Morgan fingerprint density at radius 1 is 1.35 bits per heavy atom. The zero-order valence-corrected chi connectivity index (χ0v) is 13.4. The van der Waals surface area contributed by atoms with E-state index in [1.54, 1.807) is 38.1 Å². The van der Waals surface area contributed by atoms with Crippen LogP contribution in [0.4, 0.5) is 4.39 Å². The number of nitriles is 1. The molecule has 1 N–H and O–H groups in total. The normalized spacial score (nSPS) is 11.8. The summed E-state index contributed by atoms with van der Waals surface area (Å²) in [4.78, 5) is 28.3. The van der Waals surface area contributed by atoms with Gasteiger partial charge in [-0.15, -0.1) is 11.3 Å². The molecular formula is C16H14FN3O2S. The van der Waals surface area contributed by atoms with Gasteiger partial charge >= 0.3 is 0 Å². The molecule has 0 saturated carbocycles. The van der Waals surface area contributed by atoms with E-state index in [4.69, 9.17) is 5.26 Å². The fourth-order valence-corrected chi connectivity index (χ4v) is 2.73. The highest BCUT2D eigenvalue weighted by molar-refractivity contribution is 7.13. The monoisotopic (exact) mass is 331 g/mol. The van der Waals surface area contributed by atoms with Crippen molar-refractivity contribution in [3.63, 3.8) is 0 Å². The summed E-state index contributed by atoms with van der Waals surface area (Å²) < 4.78 is 13.7. The summed E-state index contributed by atoms with van der Waals surface area (Å²) in [6, 6.07) is 7.58. The Morgan fingerprint density at radius 3 is 2.65 bits per heavy atom. The Kier molecular flexibility index (Phi) is 5.19. The molecule has 0 fully saturated rings. The summed E-state index contributed by atoms with van der Waals surface area (Å²) in [5, 5.41) is 13.4. The Labute approximate surface area is 136 Å². The number of carbonyl (C=O) groups excluding carboxylic acids is 2. The molecule has 0 aliphatic rings. The minimum Gasteiger partial charge on any atom is -0.352 e. The summed E-state index contributed by atoms with van der Waals surface area (Å²) in [5.41, 5.74) is 0.260. The van der Waals surface area contributed by atoms with Crippen LogP contribution in [0.15, 0.2) is 29.6 Å². The predicted octanol–water partition coefficient (Wildman–Crippen LogP) is 2.80. The largest absolute Gasteiger partial charge is 0.352 e. The molecule has 0 aliphatic heterocycles. The van der Waals surface area contributed by atoms with E-state index in [0.29, 0.717) is 5.01 Å². The fourth-order valence-electron chi connectivity index (χ4n) is 1.90. The number of benzene rings is 1. The number of halogens is 1. The summed E-state index contributed by atoms with van der Waals surface area (Å²) in [7, 11) is 0. The molecule has 2 aromatic rings. The second kappa shape index (κ2) is 7.11. The lowest BCUT2D eigenvalue weighted by molar-refractivity contribution is -0.122. The first-order valence-corrected chi connectivity index (χ1v) is 7.76.